The Morgan fingerprint density at radius 1 is 0.875 bits per heavy atom. The van der Waals surface area contributed by atoms with E-state index in [1.165, 1.54) is 61.9 Å². The van der Waals surface area contributed by atoms with Gasteiger partial charge >= 0.3 is 11.9 Å². The van der Waals surface area contributed by atoms with Crippen molar-refractivity contribution in [2.75, 3.05) is 7.11 Å². The zero-order chi connectivity index (χ0) is 22.7. The predicted molar refractivity (Wildman–Crippen MR) is 117 cm³/mol. The van der Waals surface area contributed by atoms with E-state index in [1.54, 1.807) is 18.2 Å². The van der Waals surface area contributed by atoms with Gasteiger partial charge in [0.1, 0.15) is 23.3 Å². The first-order chi connectivity index (χ1) is 15.4. The number of hydrogen-bond acceptors (Lipinski definition) is 7. The normalized spacial score (nSPS) is 10.6. The smallest absolute Gasteiger partial charge is 0.343 e. The fourth-order valence-corrected chi connectivity index (χ4v) is 3.10. The molecule has 8 heteroatoms. The zero-order valence-electron chi connectivity index (χ0n) is 16.7. The number of carbonyl (C=O) groups is 2. The molecule has 0 aliphatic carbocycles. The molecule has 0 bridgehead atoms. The van der Waals surface area contributed by atoms with Crippen molar-refractivity contribution < 1.29 is 28.2 Å². The molecular formula is C24H15ClO7. The highest BCUT2D eigenvalue weighted by molar-refractivity contribution is 6.30. The molecular weight excluding hydrogens is 436 g/mol. The van der Waals surface area contributed by atoms with E-state index < -0.39 is 17.4 Å². The first kappa shape index (κ1) is 21.1. The summed E-state index contributed by atoms with van der Waals surface area (Å²) >= 11 is 5.90. The monoisotopic (exact) mass is 450 g/mol. The summed E-state index contributed by atoms with van der Waals surface area (Å²) < 4.78 is 21.1. The number of methoxy groups -OCH3 is 1. The molecule has 0 atom stereocenters. The van der Waals surface area contributed by atoms with Crippen molar-refractivity contribution in [1.29, 1.82) is 0 Å². The SMILES string of the molecule is COC(=O)c1ccc(Oc2coc3cc(OC(=O)c4cccc(Cl)c4)ccc3c2=O)cc1. The standard InChI is InChI=1S/C24H15ClO7/c1-29-23(27)14-5-7-17(8-6-14)31-21-13-30-20-12-18(9-10-19(20)22(21)26)32-24(28)15-3-2-4-16(25)11-15/h2-13H,1H3. The van der Waals surface area contributed by atoms with Crippen molar-refractivity contribution in [1.82, 2.24) is 0 Å². The van der Waals surface area contributed by atoms with Gasteiger partial charge in [0.25, 0.3) is 0 Å². The molecule has 0 saturated heterocycles. The van der Waals surface area contributed by atoms with Gasteiger partial charge in [-0.25, -0.2) is 9.59 Å². The molecule has 0 aliphatic heterocycles. The molecule has 0 fully saturated rings. The third kappa shape index (κ3) is 4.48. The Morgan fingerprint density at radius 2 is 1.62 bits per heavy atom. The average Bonchev–Trinajstić information content (AvgIpc) is 2.81. The van der Waals surface area contributed by atoms with Gasteiger partial charge in [0.05, 0.1) is 23.6 Å². The van der Waals surface area contributed by atoms with E-state index in [1.807, 2.05) is 0 Å². The summed E-state index contributed by atoms with van der Waals surface area (Å²) in [4.78, 5) is 36.6. The Hall–Kier alpha value is -4.10. The van der Waals surface area contributed by atoms with Crippen LogP contribution in [0.4, 0.5) is 0 Å². The summed E-state index contributed by atoms with van der Waals surface area (Å²) in [6, 6.07) is 16.9. The number of carbonyl (C=O) groups excluding carboxylic acids is 2. The van der Waals surface area contributed by atoms with Crippen LogP contribution < -0.4 is 14.9 Å². The highest BCUT2D eigenvalue weighted by Crippen LogP contribution is 2.25. The lowest BCUT2D eigenvalue weighted by Gasteiger charge is -2.08. The van der Waals surface area contributed by atoms with Crippen molar-refractivity contribution in [3.8, 4) is 17.2 Å². The lowest BCUT2D eigenvalue weighted by Crippen LogP contribution is -2.09. The summed E-state index contributed by atoms with van der Waals surface area (Å²) in [5.74, 6) is -0.556. The minimum absolute atomic E-state index is 0.0352. The van der Waals surface area contributed by atoms with E-state index in [4.69, 9.17) is 25.5 Å². The van der Waals surface area contributed by atoms with Crippen LogP contribution >= 0.6 is 11.6 Å². The van der Waals surface area contributed by atoms with E-state index in [2.05, 4.69) is 4.74 Å². The van der Waals surface area contributed by atoms with Crippen LogP contribution in [-0.4, -0.2) is 19.0 Å². The number of benzene rings is 3. The minimum atomic E-state index is -0.593. The van der Waals surface area contributed by atoms with Gasteiger partial charge in [0.15, 0.2) is 0 Å². The van der Waals surface area contributed by atoms with Crippen LogP contribution in [-0.2, 0) is 4.74 Å². The van der Waals surface area contributed by atoms with E-state index in [-0.39, 0.29) is 22.5 Å². The molecule has 160 valence electrons. The molecule has 3 aromatic carbocycles. The zero-order valence-corrected chi connectivity index (χ0v) is 17.4. The van der Waals surface area contributed by atoms with Crippen LogP contribution in [0.15, 0.2) is 82.2 Å². The predicted octanol–water partition coefficient (Wildman–Crippen LogP) is 5.24. The molecule has 1 heterocycles. The van der Waals surface area contributed by atoms with E-state index >= 15 is 0 Å². The van der Waals surface area contributed by atoms with Gasteiger partial charge in [-0.05, 0) is 54.6 Å². The van der Waals surface area contributed by atoms with Crippen molar-refractivity contribution in [3.05, 3.63) is 99.4 Å². The summed E-state index contributed by atoms with van der Waals surface area (Å²) in [6.07, 6.45) is 1.17. The number of ether oxygens (including phenoxy) is 3. The van der Waals surface area contributed by atoms with Crippen LogP contribution in [0.3, 0.4) is 0 Å². The van der Waals surface area contributed by atoms with Crippen LogP contribution in [0.1, 0.15) is 20.7 Å². The molecule has 0 N–H and O–H groups in total. The number of halogens is 1. The maximum absolute atomic E-state index is 12.8. The van der Waals surface area contributed by atoms with Crippen molar-refractivity contribution in [2.45, 2.75) is 0 Å². The molecule has 7 nitrogen and oxygen atoms in total. The molecule has 32 heavy (non-hydrogen) atoms. The number of rotatable bonds is 5. The second-order valence-electron chi connectivity index (χ2n) is 6.60. The van der Waals surface area contributed by atoms with Gasteiger partial charge in [0.2, 0.25) is 11.2 Å². The van der Waals surface area contributed by atoms with Gasteiger partial charge in [-0.3, -0.25) is 4.79 Å². The van der Waals surface area contributed by atoms with E-state index in [0.717, 1.165) is 0 Å². The lowest BCUT2D eigenvalue weighted by molar-refractivity contribution is 0.0600. The molecule has 4 rings (SSSR count). The molecule has 0 unspecified atom stereocenters. The van der Waals surface area contributed by atoms with Crippen LogP contribution in [0.25, 0.3) is 11.0 Å². The number of hydrogen-bond donors (Lipinski definition) is 0. The Kier molecular flexibility index (Phi) is 5.91. The maximum atomic E-state index is 12.8. The topological polar surface area (TPSA) is 92.0 Å². The summed E-state index contributed by atoms with van der Waals surface area (Å²) in [5.41, 5.74) is 0.460. The Bertz CT molecular complexity index is 1370. The number of esters is 2. The maximum Gasteiger partial charge on any atom is 0.343 e. The highest BCUT2D eigenvalue weighted by Gasteiger charge is 2.14. The summed E-state index contributed by atoms with van der Waals surface area (Å²) in [6.45, 7) is 0. The second kappa shape index (κ2) is 8.95. The fourth-order valence-electron chi connectivity index (χ4n) is 2.91. The van der Waals surface area contributed by atoms with E-state index in [9.17, 15) is 14.4 Å². The van der Waals surface area contributed by atoms with Crippen LogP contribution in [0.5, 0.6) is 17.2 Å². The second-order valence-corrected chi connectivity index (χ2v) is 7.04. The largest absolute Gasteiger partial charge is 0.465 e. The fraction of sp³-hybridized carbons (Fsp3) is 0.0417. The van der Waals surface area contributed by atoms with E-state index in [0.29, 0.717) is 21.9 Å². The molecule has 4 aromatic rings. The average molecular weight is 451 g/mol. The van der Waals surface area contributed by atoms with Crippen LogP contribution in [0, 0.1) is 0 Å². The van der Waals surface area contributed by atoms with Crippen molar-refractivity contribution in [3.63, 3.8) is 0 Å². The summed E-state index contributed by atoms with van der Waals surface area (Å²) in [5, 5.41) is 0.660. The van der Waals surface area contributed by atoms with Crippen molar-refractivity contribution in [2.24, 2.45) is 0 Å². The molecule has 0 spiro atoms. The number of fused-ring (bicyclic) bond motifs is 1. The Balaban J connectivity index is 1.55. The third-order valence-corrected chi connectivity index (χ3v) is 4.72. The molecule has 0 amide bonds. The van der Waals surface area contributed by atoms with Gasteiger partial charge in [-0.15, -0.1) is 0 Å². The van der Waals surface area contributed by atoms with Gasteiger partial charge in [-0.2, -0.15) is 0 Å². The quantitative estimate of drug-likeness (QED) is 0.303. The lowest BCUT2D eigenvalue weighted by atomic mass is 10.2. The Labute approximate surface area is 186 Å². The van der Waals surface area contributed by atoms with Crippen LogP contribution in [0.2, 0.25) is 5.02 Å². The van der Waals surface area contributed by atoms with Crippen molar-refractivity contribution >= 4 is 34.5 Å². The third-order valence-electron chi connectivity index (χ3n) is 4.49. The molecule has 0 saturated carbocycles. The first-order valence-electron chi connectivity index (χ1n) is 9.34. The summed E-state index contributed by atoms with van der Waals surface area (Å²) in [7, 11) is 1.29. The first-order valence-corrected chi connectivity index (χ1v) is 9.72. The van der Waals surface area contributed by atoms with Gasteiger partial charge in [0, 0.05) is 11.1 Å². The van der Waals surface area contributed by atoms with Gasteiger partial charge < -0.3 is 18.6 Å². The molecule has 0 aliphatic rings. The highest BCUT2D eigenvalue weighted by atomic mass is 35.5. The minimum Gasteiger partial charge on any atom is -0.465 e. The molecule has 1 aromatic heterocycles. The van der Waals surface area contributed by atoms with Gasteiger partial charge in [-0.1, -0.05) is 17.7 Å². The Morgan fingerprint density at radius 3 is 2.34 bits per heavy atom. The molecule has 0 radical (unpaired) electrons.